The Labute approximate surface area is 112 Å². The van der Waals surface area contributed by atoms with Crippen molar-refractivity contribution < 1.29 is 5.11 Å². The minimum atomic E-state index is 0.0765. The van der Waals surface area contributed by atoms with Gasteiger partial charge in [0.05, 0.1) is 6.61 Å². The third-order valence-corrected chi connectivity index (χ3v) is 3.31. The van der Waals surface area contributed by atoms with E-state index in [1.54, 1.807) is 0 Å². The Morgan fingerprint density at radius 2 is 2.00 bits per heavy atom. The van der Waals surface area contributed by atoms with Crippen molar-refractivity contribution in [3.63, 3.8) is 0 Å². The summed E-state index contributed by atoms with van der Waals surface area (Å²) < 4.78 is 2.19. The number of benzene rings is 1. The van der Waals surface area contributed by atoms with E-state index in [2.05, 4.69) is 27.9 Å². The van der Waals surface area contributed by atoms with Crippen molar-refractivity contribution >= 4 is 10.9 Å². The predicted molar refractivity (Wildman–Crippen MR) is 75.9 cm³/mol. The van der Waals surface area contributed by atoms with Crippen molar-refractivity contribution in [2.75, 3.05) is 0 Å². The Bertz CT molecular complexity index is 716. The molecule has 3 rings (SSSR count). The molecule has 0 aliphatic carbocycles. The lowest BCUT2D eigenvalue weighted by molar-refractivity contribution is 0.282. The topological polar surface area (TPSA) is 38.0 Å². The molecule has 2 heterocycles. The molecule has 0 aliphatic rings. The molecular formula is C16H16N2O. The number of aliphatic hydroxyl groups excluding tert-OH is 1. The second-order valence-corrected chi connectivity index (χ2v) is 4.87. The molecule has 96 valence electrons. The van der Waals surface area contributed by atoms with Gasteiger partial charge in [-0.15, -0.1) is 0 Å². The molecule has 3 heteroatoms. The second-order valence-electron chi connectivity index (χ2n) is 4.87. The molecule has 0 saturated carbocycles. The number of fused-ring (bicyclic) bond motifs is 1. The van der Waals surface area contributed by atoms with Gasteiger partial charge in [0, 0.05) is 30.7 Å². The van der Waals surface area contributed by atoms with Crippen molar-refractivity contribution in [2.45, 2.75) is 20.1 Å². The standard InChI is InChI=1S/C16H16N2O/c1-12-6-14(9-17-8-12)10-18-5-4-15-3-2-13(11-19)7-16(15)18/h2-9,19H,10-11H2,1H3. The van der Waals surface area contributed by atoms with E-state index in [1.165, 1.54) is 16.5 Å². The quantitative estimate of drug-likeness (QED) is 0.778. The highest BCUT2D eigenvalue weighted by Crippen LogP contribution is 2.19. The maximum absolute atomic E-state index is 9.23. The van der Waals surface area contributed by atoms with Gasteiger partial charge >= 0.3 is 0 Å². The zero-order valence-corrected chi connectivity index (χ0v) is 10.9. The predicted octanol–water partition coefficient (Wildman–Crippen LogP) is 2.89. The van der Waals surface area contributed by atoms with Crippen LogP contribution >= 0.6 is 0 Å². The lowest BCUT2D eigenvalue weighted by atomic mass is 10.1. The maximum atomic E-state index is 9.23. The van der Waals surface area contributed by atoms with Crippen molar-refractivity contribution in [1.82, 2.24) is 9.55 Å². The Morgan fingerprint density at radius 1 is 1.11 bits per heavy atom. The van der Waals surface area contributed by atoms with Crippen LogP contribution in [0.25, 0.3) is 10.9 Å². The van der Waals surface area contributed by atoms with Crippen LogP contribution in [-0.2, 0) is 13.2 Å². The average molecular weight is 252 g/mol. The first-order chi connectivity index (χ1) is 9.26. The average Bonchev–Trinajstić information content (AvgIpc) is 2.81. The summed E-state index contributed by atoms with van der Waals surface area (Å²) in [6.07, 6.45) is 5.84. The van der Waals surface area contributed by atoms with E-state index < -0.39 is 0 Å². The minimum absolute atomic E-state index is 0.0765. The number of hydrogen-bond acceptors (Lipinski definition) is 2. The summed E-state index contributed by atoms with van der Waals surface area (Å²) in [4.78, 5) is 4.23. The minimum Gasteiger partial charge on any atom is -0.392 e. The van der Waals surface area contributed by atoms with Gasteiger partial charge in [0.1, 0.15) is 0 Å². The molecule has 2 aromatic heterocycles. The van der Waals surface area contributed by atoms with Crippen molar-refractivity contribution in [2.24, 2.45) is 0 Å². The van der Waals surface area contributed by atoms with E-state index in [0.29, 0.717) is 0 Å². The number of hydrogen-bond donors (Lipinski definition) is 1. The van der Waals surface area contributed by atoms with E-state index in [9.17, 15) is 5.11 Å². The summed E-state index contributed by atoms with van der Waals surface area (Å²) in [5.74, 6) is 0. The summed E-state index contributed by atoms with van der Waals surface area (Å²) in [6.45, 7) is 2.92. The van der Waals surface area contributed by atoms with Gasteiger partial charge in [-0.25, -0.2) is 0 Å². The van der Waals surface area contributed by atoms with Crippen LogP contribution in [0.2, 0.25) is 0 Å². The summed E-state index contributed by atoms with van der Waals surface area (Å²) in [7, 11) is 0. The molecule has 0 bridgehead atoms. The number of nitrogens with zero attached hydrogens (tertiary/aromatic N) is 2. The summed E-state index contributed by atoms with van der Waals surface area (Å²) in [5.41, 5.74) is 4.44. The van der Waals surface area contributed by atoms with Crippen molar-refractivity contribution in [3.8, 4) is 0 Å². The van der Waals surface area contributed by atoms with Gasteiger partial charge in [-0.1, -0.05) is 18.2 Å². The lowest BCUT2D eigenvalue weighted by Gasteiger charge is -2.07. The molecule has 1 N–H and O–H groups in total. The Hall–Kier alpha value is -2.13. The third-order valence-electron chi connectivity index (χ3n) is 3.31. The normalized spacial score (nSPS) is 11.1. The van der Waals surface area contributed by atoms with Crippen LogP contribution in [0.5, 0.6) is 0 Å². The molecule has 19 heavy (non-hydrogen) atoms. The van der Waals surface area contributed by atoms with Gasteiger partial charge in [-0.2, -0.15) is 0 Å². The summed E-state index contributed by atoms with van der Waals surface area (Å²) in [6, 6.07) is 10.3. The van der Waals surface area contributed by atoms with Crippen LogP contribution in [0.4, 0.5) is 0 Å². The fourth-order valence-corrected chi connectivity index (χ4v) is 2.37. The van der Waals surface area contributed by atoms with Crippen LogP contribution in [0.15, 0.2) is 48.9 Å². The first kappa shape index (κ1) is 11.9. The monoisotopic (exact) mass is 252 g/mol. The molecule has 0 fully saturated rings. The van der Waals surface area contributed by atoms with Crippen molar-refractivity contribution in [3.05, 3.63) is 65.6 Å². The molecule has 0 spiro atoms. The lowest BCUT2D eigenvalue weighted by Crippen LogP contribution is -1.99. The van der Waals surface area contributed by atoms with Crippen LogP contribution in [0.1, 0.15) is 16.7 Å². The first-order valence-electron chi connectivity index (χ1n) is 6.35. The van der Waals surface area contributed by atoms with Crippen LogP contribution in [0.3, 0.4) is 0 Å². The van der Waals surface area contributed by atoms with Crippen molar-refractivity contribution in [1.29, 1.82) is 0 Å². The van der Waals surface area contributed by atoms with Gasteiger partial charge in [0.2, 0.25) is 0 Å². The maximum Gasteiger partial charge on any atom is 0.0682 e. The Morgan fingerprint density at radius 3 is 2.79 bits per heavy atom. The van der Waals surface area contributed by atoms with Gasteiger partial charge in [0.25, 0.3) is 0 Å². The van der Waals surface area contributed by atoms with Gasteiger partial charge in [0.15, 0.2) is 0 Å². The number of aliphatic hydroxyl groups is 1. The van der Waals surface area contributed by atoms with Crippen LogP contribution < -0.4 is 0 Å². The summed E-state index contributed by atoms with van der Waals surface area (Å²) in [5, 5.41) is 10.4. The first-order valence-corrected chi connectivity index (χ1v) is 6.35. The van der Waals surface area contributed by atoms with E-state index in [-0.39, 0.29) is 6.61 Å². The molecular weight excluding hydrogens is 236 g/mol. The molecule has 3 nitrogen and oxygen atoms in total. The van der Waals surface area contributed by atoms with Gasteiger partial charge in [-0.05, 0) is 41.1 Å². The fraction of sp³-hybridized carbons (Fsp3) is 0.188. The third kappa shape index (κ3) is 2.37. The highest BCUT2D eigenvalue weighted by molar-refractivity contribution is 5.80. The van der Waals surface area contributed by atoms with E-state index in [1.807, 2.05) is 37.5 Å². The highest BCUT2D eigenvalue weighted by Gasteiger charge is 2.03. The molecule has 0 atom stereocenters. The van der Waals surface area contributed by atoms with Crippen LogP contribution in [0, 0.1) is 6.92 Å². The molecule has 0 amide bonds. The molecule has 0 saturated heterocycles. The summed E-state index contributed by atoms with van der Waals surface area (Å²) >= 11 is 0. The van der Waals surface area contributed by atoms with Crippen LogP contribution in [-0.4, -0.2) is 14.7 Å². The number of rotatable bonds is 3. The SMILES string of the molecule is Cc1cncc(Cn2ccc3ccc(CO)cc32)c1. The largest absolute Gasteiger partial charge is 0.392 e. The number of aryl methyl sites for hydroxylation is 1. The molecule has 0 aliphatic heterocycles. The van der Waals surface area contributed by atoms with E-state index in [4.69, 9.17) is 0 Å². The smallest absolute Gasteiger partial charge is 0.0682 e. The number of aromatic nitrogens is 2. The molecule has 1 aromatic carbocycles. The Kier molecular flexibility index (Phi) is 3.05. The Balaban J connectivity index is 2.00. The second kappa shape index (κ2) is 4.86. The fourth-order valence-electron chi connectivity index (χ4n) is 2.37. The van der Waals surface area contributed by atoms with Gasteiger partial charge < -0.3 is 9.67 Å². The molecule has 0 unspecified atom stereocenters. The van der Waals surface area contributed by atoms with Gasteiger partial charge in [-0.3, -0.25) is 4.98 Å². The zero-order chi connectivity index (χ0) is 13.2. The number of pyridine rings is 1. The van der Waals surface area contributed by atoms with E-state index in [0.717, 1.165) is 17.6 Å². The highest BCUT2D eigenvalue weighted by atomic mass is 16.3. The van der Waals surface area contributed by atoms with E-state index >= 15 is 0 Å². The molecule has 3 aromatic rings. The molecule has 0 radical (unpaired) electrons. The zero-order valence-electron chi connectivity index (χ0n) is 10.9.